The summed E-state index contributed by atoms with van der Waals surface area (Å²) < 4.78 is 7.66. The van der Waals surface area contributed by atoms with E-state index in [-0.39, 0.29) is 12.1 Å². The van der Waals surface area contributed by atoms with E-state index in [4.69, 9.17) is 40.2 Å². The summed E-state index contributed by atoms with van der Waals surface area (Å²) in [4.78, 5) is 6.80. The van der Waals surface area contributed by atoms with Crippen LogP contribution in [0.2, 0.25) is 10.0 Å². The van der Waals surface area contributed by atoms with Gasteiger partial charge in [0.25, 0.3) is 0 Å². The predicted molar refractivity (Wildman–Crippen MR) is 146 cm³/mol. The van der Waals surface area contributed by atoms with E-state index in [2.05, 4.69) is 39.7 Å². The molecule has 0 spiro atoms. The first-order valence-electron chi connectivity index (χ1n) is 11.2. The maximum absolute atomic E-state index is 6.61. The Bertz CT molecular complexity index is 1410. The van der Waals surface area contributed by atoms with Gasteiger partial charge in [-0.05, 0) is 80.2 Å². The Labute approximate surface area is 220 Å². The smallest absolute Gasteiger partial charge is 0.174 e. The number of thiocarbonyl (C=S) groups is 1. The fourth-order valence-corrected chi connectivity index (χ4v) is 5.67. The van der Waals surface area contributed by atoms with Gasteiger partial charge < -0.3 is 19.5 Å². The second-order valence-electron chi connectivity index (χ2n) is 8.46. The normalized spacial score (nSPS) is 17.5. The third kappa shape index (κ3) is 4.27. The zero-order valence-electron chi connectivity index (χ0n) is 19.5. The molecule has 2 unspecified atom stereocenters. The molecule has 1 aliphatic heterocycles. The van der Waals surface area contributed by atoms with Crippen LogP contribution in [0.1, 0.15) is 34.7 Å². The van der Waals surface area contributed by atoms with Crippen molar-refractivity contribution in [1.82, 2.24) is 14.9 Å². The second kappa shape index (κ2) is 9.53. The first-order chi connectivity index (χ1) is 16.9. The quantitative estimate of drug-likeness (QED) is 0.286. The van der Waals surface area contributed by atoms with Crippen molar-refractivity contribution in [1.29, 1.82) is 0 Å². The summed E-state index contributed by atoms with van der Waals surface area (Å²) in [5.41, 5.74) is 5.99. The van der Waals surface area contributed by atoms with Crippen LogP contribution in [0.3, 0.4) is 0 Å². The number of nitrogens with one attached hydrogen (secondary N) is 1. The maximum Gasteiger partial charge on any atom is 0.174 e. The highest BCUT2D eigenvalue weighted by molar-refractivity contribution is 7.80. The van der Waals surface area contributed by atoms with Crippen LogP contribution >= 0.6 is 35.4 Å². The molecule has 8 heteroatoms. The molecule has 1 fully saturated rings. The molecule has 5 nitrogen and oxygen atoms in total. The highest BCUT2D eigenvalue weighted by Crippen LogP contribution is 2.44. The first kappa shape index (κ1) is 23.7. The minimum Gasteiger partial charge on any atom is -0.497 e. The fourth-order valence-electron chi connectivity index (χ4n) is 4.83. The van der Waals surface area contributed by atoms with Crippen LogP contribution in [0.4, 0.5) is 5.69 Å². The van der Waals surface area contributed by atoms with Gasteiger partial charge in [0.15, 0.2) is 5.11 Å². The highest BCUT2D eigenvalue weighted by Gasteiger charge is 2.42. The molecule has 1 saturated heterocycles. The van der Waals surface area contributed by atoms with Crippen LogP contribution in [0.25, 0.3) is 5.69 Å². The summed E-state index contributed by atoms with van der Waals surface area (Å²) in [7, 11) is 1.66. The van der Waals surface area contributed by atoms with Gasteiger partial charge in [0, 0.05) is 34.4 Å². The van der Waals surface area contributed by atoms with E-state index in [1.54, 1.807) is 13.2 Å². The summed E-state index contributed by atoms with van der Waals surface area (Å²) >= 11 is 18.6. The van der Waals surface area contributed by atoms with Crippen LogP contribution in [-0.4, -0.2) is 21.8 Å². The Morgan fingerprint density at radius 3 is 2.54 bits per heavy atom. The summed E-state index contributed by atoms with van der Waals surface area (Å²) in [6, 6.07) is 21.3. The van der Waals surface area contributed by atoms with Gasteiger partial charge >= 0.3 is 0 Å². The van der Waals surface area contributed by atoms with Crippen LogP contribution in [-0.2, 0) is 0 Å². The van der Waals surface area contributed by atoms with E-state index in [0.717, 1.165) is 39.8 Å². The summed E-state index contributed by atoms with van der Waals surface area (Å²) in [5.74, 6) is 0.767. The minimum absolute atomic E-state index is 0.143. The molecule has 0 bridgehead atoms. The topological polar surface area (TPSA) is 42.3 Å². The van der Waals surface area contributed by atoms with E-state index >= 15 is 0 Å². The van der Waals surface area contributed by atoms with Crippen LogP contribution in [0.5, 0.6) is 5.75 Å². The number of methoxy groups -OCH3 is 1. The molecule has 0 amide bonds. The number of halogens is 2. The molecule has 4 aromatic rings. The number of ether oxygens (including phenoxy) is 1. The zero-order chi connectivity index (χ0) is 24.7. The molecule has 0 radical (unpaired) electrons. The molecule has 35 heavy (non-hydrogen) atoms. The second-order valence-corrected chi connectivity index (χ2v) is 9.69. The molecule has 1 N–H and O–H groups in total. The van der Waals surface area contributed by atoms with Gasteiger partial charge in [-0.2, -0.15) is 0 Å². The van der Waals surface area contributed by atoms with E-state index in [1.165, 1.54) is 0 Å². The van der Waals surface area contributed by atoms with Crippen LogP contribution < -0.4 is 15.0 Å². The Hall–Kier alpha value is -3.06. The molecular weight excluding hydrogens is 499 g/mol. The van der Waals surface area contributed by atoms with Gasteiger partial charge in [-0.15, -0.1) is 0 Å². The Balaban J connectivity index is 1.69. The van der Waals surface area contributed by atoms with Gasteiger partial charge in [-0.25, -0.2) is 0 Å². The zero-order valence-corrected chi connectivity index (χ0v) is 21.8. The summed E-state index contributed by atoms with van der Waals surface area (Å²) in [5, 5.41) is 5.35. The van der Waals surface area contributed by atoms with Crippen LogP contribution in [0, 0.1) is 13.8 Å². The summed E-state index contributed by atoms with van der Waals surface area (Å²) in [6.45, 7) is 4.18. The van der Waals surface area contributed by atoms with Crippen molar-refractivity contribution >= 4 is 46.2 Å². The largest absolute Gasteiger partial charge is 0.497 e. The van der Waals surface area contributed by atoms with Crippen molar-refractivity contribution in [3.05, 3.63) is 106 Å². The lowest BCUT2D eigenvalue weighted by Gasteiger charge is -2.28. The molecule has 5 rings (SSSR count). The molecular formula is C27H24Cl2N4OS. The third-order valence-corrected chi connectivity index (χ3v) is 7.22. The standard InChI is InChI=1S/C27H24Cl2N4OS/c1-16-13-21(17(2)32(16)24-11-10-18(28)14-22(24)29)26-25(23-9-4-5-12-30-23)31-27(35)33(26)19-7-6-8-20(15-19)34-3/h4-15,25-26H,1-3H3,(H,31,35). The van der Waals surface area contributed by atoms with Crippen LogP contribution in [0.15, 0.2) is 72.9 Å². The van der Waals surface area contributed by atoms with Crippen molar-refractivity contribution in [2.45, 2.75) is 25.9 Å². The molecule has 178 valence electrons. The van der Waals surface area contributed by atoms with Gasteiger partial charge in [0.1, 0.15) is 5.75 Å². The van der Waals surface area contributed by atoms with E-state index in [9.17, 15) is 0 Å². The maximum atomic E-state index is 6.61. The summed E-state index contributed by atoms with van der Waals surface area (Å²) in [6.07, 6.45) is 1.81. The van der Waals surface area contributed by atoms with Gasteiger partial charge in [0.05, 0.1) is 35.6 Å². The number of benzene rings is 2. The first-order valence-corrected chi connectivity index (χ1v) is 12.3. The number of pyridine rings is 1. The number of rotatable bonds is 5. The number of anilines is 1. The minimum atomic E-state index is -0.149. The fraction of sp³-hybridized carbons (Fsp3) is 0.185. The Morgan fingerprint density at radius 1 is 1.00 bits per heavy atom. The van der Waals surface area contributed by atoms with Crippen molar-refractivity contribution in [3.63, 3.8) is 0 Å². The number of aromatic nitrogens is 2. The molecule has 2 atom stereocenters. The molecule has 3 heterocycles. The Kier molecular flexibility index (Phi) is 6.45. The van der Waals surface area contributed by atoms with Crippen molar-refractivity contribution < 1.29 is 4.74 Å². The number of aryl methyl sites for hydroxylation is 1. The average molecular weight is 523 g/mol. The number of nitrogens with zero attached hydrogens (tertiary/aromatic N) is 3. The third-order valence-electron chi connectivity index (χ3n) is 6.37. The molecule has 2 aromatic heterocycles. The lowest BCUT2D eigenvalue weighted by atomic mass is 9.96. The molecule has 0 aliphatic carbocycles. The number of hydrogen-bond acceptors (Lipinski definition) is 3. The lowest BCUT2D eigenvalue weighted by molar-refractivity contribution is 0.415. The van der Waals surface area contributed by atoms with Crippen molar-refractivity contribution in [3.8, 4) is 11.4 Å². The predicted octanol–water partition coefficient (Wildman–Crippen LogP) is 6.98. The van der Waals surface area contributed by atoms with Crippen molar-refractivity contribution in [2.24, 2.45) is 0 Å². The van der Waals surface area contributed by atoms with E-state index in [1.807, 2.05) is 60.8 Å². The average Bonchev–Trinajstić information content (AvgIpc) is 3.35. The van der Waals surface area contributed by atoms with Crippen molar-refractivity contribution in [2.75, 3.05) is 12.0 Å². The van der Waals surface area contributed by atoms with E-state index in [0.29, 0.717) is 15.2 Å². The van der Waals surface area contributed by atoms with E-state index < -0.39 is 0 Å². The SMILES string of the molecule is COc1cccc(N2C(=S)NC(c3ccccn3)C2c2cc(C)n(-c3ccc(Cl)cc3Cl)c2C)c1. The molecule has 2 aromatic carbocycles. The van der Waals surface area contributed by atoms with Gasteiger partial charge in [-0.3, -0.25) is 4.98 Å². The monoisotopic (exact) mass is 522 g/mol. The highest BCUT2D eigenvalue weighted by atomic mass is 35.5. The molecule has 1 aliphatic rings. The Morgan fingerprint density at radius 2 is 1.83 bits per heavy atom. The molecule has 0 saturated carbocycles. The lowest BCUT2D eigenvalue weighted by Crippen LogP contribution is -2.29. The van der Waals surface area contributed by atoms with Gasteiger partial charge in [0.2, 0.25) is 0 Å². The number of hydrogen-bond donors (Lipinski definition) is 1. The van der Waals surface area contributed by atoms with Gasteiger partial charge in [-0.1, -0.05) is 35.3 Å².